The molecule has 1 fully saturated rings. The van der Waals surface area contributed by atoms with E-state index in [-0.39, 0.29) is 42.3 Å². The second-order valence-electron chi connectivity index (χ2n) is 5.68. The number of nitrogens with zero attached hydrogens (tertiary/aromatic N) is 1. The van der Waals surface area contributed by atoms with Gasteiger partial charge < -0.3 is 9.84 Å². The Morgan fingerprint density at radius 3 is 2.46 bits per heavy atom. The summed E-state index contributed by atoms with van der Waals surface area (Å²) < 4.78 is 56.4. The van der Waals surface area contributed by atoms with Gasteiger partial charge in [0.25, 0.3) is 0 Å². The Morgan fingerprint density at radius 1 is 1.29 bits per heavy atom. The van der Waals surface area contributed by atoms with E-state index in [1.165, 1.54) is 6.08 Å². The van der Waals surface area contributed by atoms with Crippen LogP contribution in [0, 0.1) is 11.6 Å². The maximum Gasteiger partial charge on any atom is 0.414 e. The molecule has 1 aromatic carbocycles. The lowest BCUT2D eigenvalue weighted by Crippen LogP contribution is -2.26. The monoisotopic (exact) mass is 359 g/mol. The number of ether oxygens (including phenoxy) is 1. The molecule has 6 nitrogen and oxygen atoms in total. The highest BCUT2D eigenvalue weighted by Crippen LogP contribution is 2.32. The Morgan fingerprint density at radius 2 is 1.96 bits per heavy atom. The van der Waals surface area contributed by atoms with E-state index in [2.05, 4.69) is 0 Å². The lowest BCUT2D eigenvalue weighted by molar-refractivity contribution is 0.0963. The number of aliphatic hydroxyl groups is 1. The quantitative estimate of drug-likeness (QED) is 0.884. The first kappa shape index (κ1) is 16.8. The summed E-state index contributed by atoms with van der Waals surface area (Å²) in [6.45, 7) is -0.388. The van der Waals surface area contributed by atoms with Crippen molar-refractivity contribution in [3.8, 4) is 0 Å². The fraction of sp³-hybridized carbons (Fsp3) is 0.400. The number of hydrogen-bond acceptors (Lipinski definition) is 5. The molecule has 1 aromatic rings. The largest absolute Gasteiger partial charge is 0.441 e. The molecule has 0 radical (unpaired) electrons. The highest BCUT2D eigenvalue weighted by molar-refractivity contribution is 7.91. The summed E-state index contributed by atoms with van der Waals surface area (Å²) in [4.78, 5) is 12.7. The van der Waals surface area contributed by atoms with Gasteiger partial charge in [0.05, 0.1) is 30.3 Å². The molecule has 0 aromatic heterocycles. The molecule has 1 saturated heterocycles. The number of aliphatic hydroxyl groups excluding tert-OH is 1. The molecule has 2 heterocycles. The zero-order valence-corrected chi connectivity index (χ0v) is 13.4. The highest BCUT2D eigenvalue weighted by atomic mass is 32.2. The van der Waals surface area contributed by atoms with E-state index in [9.17, 15) is 22.0 Å². The SMILES string of the molecule is O=C1OC(CO)CN1c1cc(F)c(C2=CCS(=O)(=O)CC2)c(F)c1. The van der Waals surface area contributed by atoms with Crippen molar-refractivity contribution in [3.63, 3.8) is 0 Å². The van der Waals surface area contributed by atoms with Crippen molar-refractivity contribution in [3.05, 3.63) is 35.4 Å². The van der Waals surface area contributed by atoms with Crippen molar-refractivity contribution in [2.75, 3.05) is 29.6 Å². The number of carbonyl (C=O) groups excluding carboxylic acids is 1. The zero-order chi connectivity index (χ0) is 17.5. The van der Waals surface area contributed by atoms with Gasteiger partial charge in [0, 0.05) is 5.56 Å². The third-order valence-electron chi connectivity index (χ3n) is 4.00. The lowest BCUT2D eigenvalue weighted by Gasteiger charge is -2.18. The smallest absolute Gasteiger partial charge is 0.414 e. The second kappa shape index (κ2) is 6.14. The maximum absolute atomic E-state index is 14.4. The minimum absolute atomic E-state index is 0.00546. The normalized spacial score (nSPS) is 23.1. The molecule has 9 heteroatoms. The van der Waals surface area contributed by atoms with Crippen LogP contribution in [-0.4, -0.2) is 50.4 Å². The first-order chi connectivity index (χ1) is 11.3. The number of benzene rings is 1. The van der Waals surface area contributed by atoms with Crippen LogP contribution in [0.4, 0.5) is 19.3 Å². The van der Waals surface area contributed by atoms with Crippen LogP contribution < -0.4 is 4.90 Å². The molecule has 2 aliphatic rings. The summed E-state index contributed by atoms with van der Waals surface area (Å²) in [7, 11) is -3.20. The van der Waals surface area contributed by atoms with Gasteiger partial charge in [-0.3, -0.25) is 4.90 Å². The van der Waals surface area contributed by atoms with Gasteiger partial charge in [-0.1, -0.05) is 6.08 Å². The molecule has 1 amide bonds. The van der Waals surface area contributed by atoms with Crippen LogP contribution in [0.15, 0.2) is 18.2 Å². The Balaban J connectivity index is 1.93. The van der Waals surface area contributed by atoms with E-state index in [4.69, 9.17) is 9.84 Å². The molecule has 1 N–H and O–H groups in total. The van der Waals surface area contributed by atoms with Crippen LogP contribution in [0.25, 0.3) is 5.57 Å². The zero-order valence-electron chi connectivity index (χ0n) is 12.5. The second-order valence-corrected chi connectivity index (χ2v) is 7.91. The van der Waals surface area contributed by atoms with Crippen LogP contribution >= 0.6 is 0 Å². The standard InChI is InChI=1S/C15H15F2NO5S/c16-12-5-10(18-7-11(8-19)23-15(18)20)6-13(17)14(12)9-1-3-24(21,22)4-2-9/h1,5-6,11,19H,2-4,7-8H2. The van der Waals surface area contributed by atoms with E-state index >= 15 is 0 Å². The third-order valence-corrected chi connectivity index (χ3v) is 5.50. The van der Waals surface area contributed by atoms with Gasteiger partial charge in [-0.2, -0.15) is 0 Å². The topological polar surface area (TPSA) is 83.9 Å². The Bertz CT molecular complexity index is 798. The fourth-order valence-corrected chi connectivity index (χ4v) is 3.91. The third kappa shape index (κ3) is 3.13. The average molecular weight is 359 g/mol. The van der Waals surface area contributed by atoms with E-state index in [0.29, 0.717) is 5.57 Å². The molecule has 2 aliphatic heterocycles. The molecule has 1 atom stereocenters. The number of allylic oxidation sites excluding steroid dienone is 1. The fourth-order valence-electron chi connectivity index (χ4n) is 2.76. The van der Waals surface area contributed by atoms with E-state index in [1.807, 2.05) is 0 Å². The van der Waals surface area contributed by atoms with E-state index in [0.717, 1.165) is 17.0 Å². The molecule has 0 bridgehead atoms. The van der Waals surface area contributed by atoms with Gasteiger partial charge in [0.15, 0.2) is 9.84 Å². The van der Waals surface area contributed by atoms with Gasteiger partial charge in [-0.15, -0.1) is 0 Å². The number of halogens is 2. The molecular weight excluding hydrogens is 344 g/mol. The minimum atomic E-state index is -3.20. The number of sulfone groups is 1. The van der Waals surface area contributed by atoms with Gasteiger partial charge in [0.1, 0.15) is 17.7 Å². The highest BCUT2D eigenvalue weighted by Gasteiger charge is 2.33. The molecular formula is C15H15F2NO5S. The molecule has 0 aliphatic carbocycles. The summed E-state index contributed by atoms with van der Waals surface area (Å²) in [6, 6.07) is 2.01. The van der Waals surface area contributed by atoms with Crippen molar-refractivity contribution >= 4 is 27.2 Å². The number of rotatable bonds is 3. The van der Waals surface area contributed by atoms with Crippen molar-refractivity contribution in [1.82, 2.24) is 0 Å². The Kier molecular flexibility index (Phi) is 4.31. The van der Waals surface area contributed by atoms with Gasteiger partial charge >= 0.3 is 6.09 Å². The summed E-state index contributed by atoms with van der Waals surface area (Å²) in [5, 5.41) is 9.01. The van der Waals surface area contributed by atoms with Crippen molar-refractivity contribution in [2.45, 2.75) is 12.5 Å². The van der Waals surface area contributed by atoms with Gasteiger partial charge in [-0.25, -0.2) is 22.0 Å². The number of anilines is 1. The molecule has 0 spiro atoms. The number of cyclic esters (lactones) is 1. The molecule has 24 heavy (non-hydrogen) atoms. The molecule has 3 rings (SSSR count). The maximum atomic E-state index is 14.4. The number of hydrogen-bond donors (Lipinski definition) is 1. The van der Waals surface area contributed by atoms with Crippen LogP contribution in [0.2, 0.25) is 0 Å². The van der Waals surface area contributed by atoms with Crippen LogP contribution in [0.1, 0.15) is 12.0 Å². The first-order valence-corrected chi connectivity index (χ1v) is 9.11. The van der Waals surface area contributed by atoms with Crippen LogP contribution in [0.3, 0.4) is 0 Å². The van der Waals surface area contributed by atoms with E-state index < -0.39 is 33.7 Å². The lowest BCUT2D eigenvalue weighted by atomic mass is 10.0. The summed E-state index contributed by atoms with van der Waals surface area (Å²) >= 11 is 0. The number of amides is 1. The minimum Gasteiger partial charge on any atom is -0.441 e. The Hall–Kier alpha value is -2.00. The van der Waals surface area contributed by atoms with Gasteiger partial charge in [-0.05, 0) is 24.1 Å². The summed E-state index contributed by atoms with van der Waals surface area (Å²) in [6.07, 6.45) is -0.183. The first-order valence-electron chi connectivity index (χ1n) is 7.28. The number of carbonyl (C=O) groups is 1. The molecule has 130 valence electrons. The van der Waals surface area contributed by atoms with Crippen molar-refractivity contribution in [1.29, 1.82) is 0 Å². The average Bonchev–Trinajstić information content (AvgIpc) is 2.89. The van der Waals surface area contributed by atoms with Crippen LogP contribution in [-0.2, 0) is 14.6 Å². The van der Waals surface area contributed by atoms with Crippen molar-refractivity contribution < 1.29 is 31.8 Å². The predicted molar refractivity (Wildman–Crippen MR) is 82.3 cm³/mol. The molecule has 0 saturated carbocycles. The van der Waals surface area contributed by atoms with E-state index in [1.54, 1.807) is 0 Å². The molecule has 1 unspecified atom stereocenters. The van der Waals surface area contributed by atoms with Gasteiger partial charge in [0.2, 0.25) is 0 Å². The van der Waals surface area contributed by atoms with Crippen LogP contribution in [0.5, 0.6) is 0 Å². The predicted octanol–water partition coefficient (Wildman–Crippen LogP) is 1.48. The van der Waals surface area contributed by atoms with Crippen molar-refractivity contribution in [2.24, 2.45) is 0 Å². The summed E-state index contributed by atoms with van der Waals surface area (Å²) in [5.74, 6) is -2.16. The summed E-state index contributed by atoms with van der Waals surface area (Å²) in [5.41, 5.74) is 0.00209. The Labute approximate surface area is 137 Å².